The lowest BCUT2D eigenvalue weighted by molar-refractivity contribution is 0.489. The summed E-state index contributed by atoms with van der Waals surface area (Å²) in [6.07, 6.45) is -0.281. The Labute approximate surface area is 223 Å². The van der Waals surface area contributed by atoms with Gasteiger partial charge in [0.05, 0.1) is 23.9 Å². The van der Waals surface area contributed by atoms with Crippen LogP contribution >= 0.6 is 0 Å². The van der Waals surface area contributed by atoms with Gasteiger partial charge < -0.3 is 10.3 Å². The molecule has 1 atom stereocenters. The number of rotatable bonds is 5. The van der Waals surface area contributed by atoms with E-state index in [-0.39, 0.29) is 11.6 Å². The summed E-state index contributed by atoms with van der Waals surface area (Å²) in [6.45, 7) is 5.29. The predicted molar refractivity (Wildman–Crippen MR) is 159 cm³/mol. The van der Waals surface area contributed by atoms with E-state index in [9.17, 15) is 0 Å². The van der Waals surface area contributed by atoms with Gasteiger partial charge in [-0.3, -0.25) is 5.32 Å². The molecule has 0 saturated heterocycles. The molecule has 0 bridgehead atoms. The Bertz CT molecular complexity index is 1790. The third-order valence-electron chi connectivity index (χ3n) is 8.32. The van der Waals surface area contributed by atoms with Crippen LogP contribution in [0.5, 0.6) is 0 Å². The zero-order valence-electron chi connectivity index (χ0n) is 21.8. The summed E-state index contributed by atoms with van der Waals surface area (Å²) >= 11 is 0. The standard InChI is InChI=1S/C35H31N3/c1-35(2)29-14-8-6-13-28(29)32-30(35)21-20-27-26-12-7-9-15-31(26)38(33(27)32)22-37-34(36)25-18-16-24(17-19-25)23-10-4-3-5-11-23/h3-21,34,37H,22,36H2,1-2H3. The van der Waals surface area contributed by atoms with E-state index in [0.29, 0.717) is 6.67 Å². The first-order valence-corrected chi connectivity index (χ1v) is 13.3. The first kappa shape index (κ1) is 23.0. The molecular formula is C35H31N3. The van der Waals surface area contributed by atoms with Crippen molar-refractivity contribution in [1.29, 1.82) is 0 Å². The van der Waals surface area contributed by atoms with E-state index in [1.165, 1.54) is 55.2 Å². The average molecular weight is 494 g/mol. The van der Waals surface area contributed by atoms with Crippen LogP contribution in [0, 0.1) is 0 Å². The number of para-hydroxylation sites is 1. The molecule has 186 valence electrons. The van der Waals surface area contributed by atoms with Crippen molar-refractivity contribution in [2.75, 3.05) is 0 Å². The van der Waals surface area contributed by atoms with E-state index >= 15 is 0 Å². The Morgan fingerprint density at radius 1 is 0.684 bits per heavy atom. The minimum Gasteiger partial charge on any atom is -0.326 e. The van der Waals surface area contributed by atoms with Gasteiger partial charge in [-0.15, -0.1) is 0 Å². The van der Waals surface area contributed by atoms with E-state index in [1.54, 1.807) is 0 Å². The molecule has 38 heavy (non-hydrogen) atoms. The molecule has 3 N–H and O–H groups in total. The quantitative estimate of drug-likeness (QED) is 0.239. The summed E-state index contributed by atoms with van der Waals surface area (Å²) in [4.78, 5) is 0. The van der Waals surface area contributed by atoms with Crippen molar-refractivity contribution in [3.05, 3.63) is 132 Å². The number of benzene rings is 5. The maximum absolute atomic E-state index is 6.70. The van der Waals surface area contributed by atoms with Crippen molar-refractivity contribution < 1.29 is 0 Å². The normalized spacial score (nSPS) is 14.5. The van der Waals surface area contributed by atoms with Crippen LogP contribution in [-0.2, 0) is 12.1 Å². The van der Waals surface area contributed by atoms with Crippen LogP contribution in [-0.4, -0.2) is 4.57 Å². The van der Waals surface area contributed by atoms with Crippen molar-refractivity contribution in [2.45, 2.75) is 32.1 Å². The van der Waals surface area contributed by atoms with Gasteiger partial charge >= 0.3 is 0 Å². The zero-order valence-corrected chi connectivity index (χ0v) is 21.8. The number of aromatic nitrogens is 1. The molecule has 1 aliphatic carbocycles. The number of hydrogen-bond acceptors (Lipinski definition) is 2. The van der Waals surface area contributed by atoms with Crippen LogP contribution < -0.4 is 11.1 Å². The molecular weight excluding hydrogens is 462 g/mol. The van der Waals surface area contributed by atoms with Gasteiger partial charge in [0.25, 0.3) is 0 Å². The molecule has 0 radical (unpaired) electrons. The van der Waals surface area contributed by atoms with Gasteiger partial charge in [-0.1, -0.05) is 123 Å². The van der Waals surface area contributed by atoms with Crippen LogP contribution in [0.25, 0.3) is 44.1 Å². The highest BCUT2D eigenvalue weighted by Gasteiger charge is 2.37. The zero-order chi connectivity index (χ0) is 25.9. The lowest BCUT2D eigenvalue weighted by atomic mass is 9.82. The number of hydrogen-bond donors (Lipinski definition) is 2. The topological polar surface area (TPSA) is 43.0 Å². The van der Waals surface area contributed by atoms with Crippen molar-refractivity contribution in [1.82, 2.24) is 9.88 Å². The van der Waals surface area contributed by atoms with Crippen molar-refractivity contribution in [3.8, 4) is 22.3 Å². The maximum atomic E-state index is 6.70. The van der Waals surface area contributed by atoms with Gasteiger partial charge in [0.1, 0.15) is 0 Å². The van der Waals surface area contributed by atoms with E-state index in [0.717, 1.165) is 5.56 Å². The summed E-state index contributed by atoms with van der Waals surface area (Å²) in [5, 5.41) is 6.18. The largest absolute Gasteiger partial charge is 0.326 e. The molecule has 0 fully saturated rings. The molecule has 0 aliphatic heterocycles. The third-order valence-corrected chi connectivity index (χ3v) is 8.32. The highest BCUT2D eigenvalue weighted by molar-refractivity contribution is 6.14. The third kappa shape index (κ3) is 3.43. The smallest absolute Gasteiger partial charge is 0.0823 e. The van der Waals surface area contributed by atoms with Crippen LogP contribution in [0.3, 0.4) is 0 Å². The lowest BCUT2D eigenvalue weighted by Crippen LogP contribution is -2.30. The SMILES string of the molecule is CC1(C)c2ccccc2-c2c1ccc1c3ccccc3n(CNC(N)c3ccc(-c4ccccc4)cc3)c21. The van der Waals surface area contributed by atoms with E-state index in [1.807, 2.05) is 6.07 Å². The summed E-state index contributed by atoms with van der Waals surface area (Å²) in [6, 6.07) is 41.2. The van der Waals surface area contributed by atoms with Crippen molar-refractivity contribution >= 4 is 21.8 Å². The molecule has 5 aromatic carbocycles. The van der Waals surface area contributed by atoms with Crippen LogP contribution in [0.2, 0.25) is 0 Å². The number of fused-ring (bicyclic) bond motifs is 7. The van der Waals surface area contributed by atoms with Gasteiger partial charge in [-0.05, 0) is 39.4 Å². The van der Waals surface area contributed by atoms with Crippen LogP contribution in [0.15, 0.2) is 115 Å². The Balaban J connectivity index is 1.29. The van der Waals surface area contributed by atoms with E-state index in [2.05, 4.69) is 133 Å². The molecule has 0 spiro atoms. The molecule has 1 aliphatic rings. The Morgan fingerprint density at radius 3 is 2.18 bits per heavy atom. The molecule has 3 nitrogen and oxygen atoms in total. The monoisotopic (exact) mass is 493 g/mol. The first-order chi connectivity index (χ1) is 18.5. The van der Waals surface area contributed by atoms with Crippen LogP contribution in [0.4, 0.5) is 0 Å². The highest BCUT2D eigenvalue weighted by atomic mass is 15.2. The summed E-state index contributed by atoms with van der Waals surface area (Å²) in [5.74, 6) is 0. The number of nitrogens with one attached hydrogen (secondary N) is 1. The van der Waals surface area contributed by atoms with Crippen molar-refractivity contribution in [3.63, 3.8) is 0 Å². The van der Waals surface area contributed by atoms with Gasteiger partial charge in [0, 0.05) is 21.8 Å². The van der Waals surface area contributed by atoms with E-state index < -0.39 is 0 Å². The molecule has 1 aromatic heterocycles. The molecule has 0 saturated carbocycles. The molecule has 1 heterocycles. The molecule has 3 heteroatoms. The lowest BCUT2D eigenvalue weighted by Gasteiger charge is -2.21. The summed E-state index contributed by atoms with van der Waals surface area (Å²) in [5.41, 5.74) is 18.1. The minimum absolute atomic E-state index is 0.0360. The average Bonchev–Trinajstić information content (AvgIpc) is 3.41. The fourth-order valence-electron chi connectivity index (χ4n) is 6.32. The molecule has 0 amide bonds. The number of nitrogens with zero attached hydrogens (tertiary/aromatic N) is 1. The van der Waals surface area contributed by atoms with Crippen LogP contribution in [0.1, 0.15) is 36.7 Å². The highest BCUT2D eigenvalue weighted by Crippen LogP contribution is 2.52. The second-order valence-corrected chi connectivity index (χ2v) is 10.8. The number of nitrogens with two attached hydrogens (primary N) is 1. The Morgan fingerprint density at radius 2 is 1.37 bits per heavy atom. The second-order valence-electron chi connectivity index (χ2n) is 10.8. The fraction of sp³-hybridized carbons (Fsp3) is 0.143. The Kier molecular flexibility index (Phi) is 5.26. The summed E-state index contributed by atoms with van der Waals surface area (Å²) < 4.78 is 2.42. The van der Waals surface area contributed by atoms with Gasteiger partial charge in [-0.25, -0.2) is 0 Å². The minimum atomic E-state index is -0.281. The maximum Gasteiger partial charge on any atom is 0.0823 e. The molecule has 6 aromatic rings. The predicted octanol–water partition coefficient (Wildman–Crippen LogP) is 7.97. The molecule has 1 unspecified atom stereocenters. The van der Waals surface area contributed by atoms with Gasteiger partial charge in [0.15, 0.2) is 0 Å². The van der Waals surface area contributed by atoms with Gasteiger partial charge in [0.2, 0.25) is 0 Å². The van der Waals surface area contributed by atoms with Gasteiger partial charge in [-0.2, -0.15) is 0 Å². The van der Waals surface area contributed by atoms with E-state index in [4.69, 9.17) is 5.73 Å². The first-order valence-electron chi connectivity index (χ1n) is 13.3. The van der Waals surface area contributed by atoms with Crippen molar-refractivity contribution in [2.24, 2.45) is 5.73 Å². The second kappa shape index (κ2) is 8.70. The molecule has 7 rings (SSSR count). The summed E-state index contributed by atoms with van der Waals surface area (Å²) in [7, 11) is 0. The fourth-order valence-corrected chi connectivity index (χ4v) is 6.32. The Hall–Kier alpha value is -4.18.